The number of amides is 1. The van der Waals surface area contributed by atoms with Crippen LogP contribution in [0.2, 0.25) is 0 Å². The lowest BCUT2D eigenvalue weighted by molar-refractivity contribution is 0.144. The van der Waals surface area contributed by atoms with Gasteiger partial charge in [0.05, 0.1) is 6.61 Å². The number of aromatic nitrogens is 2. The second kappa shape index (κ2) is 6.27. The molecule has 5 heteroatoms. The van der Waals surface area contributed by atoms with E-state index in [2.05, 4.69) is 18.8 Å². The molecule has 0 aromatic carbocycles. The fourth-order valence-electron chi connectivity index (χ4n) is 1.44. The summed E-state index contributed by atoms with van der Waals surface area (Å²) in [6.07, 6.45) is 4.77. The van der Waals surface area contributed by atoms with Crippen LogP contribution >= 0.6 is 0 Å². The van der Waals surface area contributed by atoms with Crippen LogP contribution in [0.1, 0.15) is 13.8 Å². The Balaban J connectivity index is 2.64. The number of carbonyl (C=O) groups is 1. The van der Waals surface area contributed by atoms with Gasteiger partial charge in [0.15, 0.2) is 0 Å². The summed E-state index contributed by atoms with van der Waals surface area (Å²) in [7, 11) is 1.63. The highest BCUT2D eigenvalue weighted by Gasteiger charge is 2.15. The fraction of sp³-hybridized carbons (Fsp3) is 0.636. The molecular formula is C11H19N3O2. The molecule has 0 spiro atoms. The van der Waals surface area contributed by atoms with E-state index in [9.17, 15) is 4.79 Å². The maximum atomic E-state index is 12.0. The first-order valence-corrected chi connectivity index (χ1v) is 5.41. The molecule has 0 radical (unpaired) electrons. The lowest BCUT2D eigenvalue weighted by Gasteiger charge is -2.24. The normalized spacial score (nSPS) is 10.8. The molecule has 0 aliphatic carbocycles. The van der Waals surface area contributed by atoms with Crippen molar-refractivity contribution in [1.82, 2.24) is 14.5 Å². The van der Waals surface area contributed by atoms with E-state index in [-0.39, 0.29) is 6.03 Å². The molecule has 0 N–H and O–H groups in total. The zero-order chi connectivity index (χ0) is 12.0. The second-order valence-corrected chi connectivity index (χ2v) is 4.09. The molecule has 1 aromatic heterocycles. The van der Waals surface area contributed by atoms with Crippen molar-refractivity contribution in [2.75, 3.05) is 26.8 Å². The molecule has 1 rings (SSSR count). The Labute approximate surface area is 96.0 Å². The maximum absolute atomic E-state index is 12.0. The van der Waals surface area contributed by atoms with Crippen molar-refractivity contribution in [3.05, 3.63) is 18.7 Å². The number of hydrogen-bond acceptors (Lipinski definition) is 3. The zero-order valence-corrected chi connectivity index (χ0v) is 10.1. The molecule has 1 amide bonds. The van der Waals surface area contributed by atoms with Crippen LogP contribution < -0.4 is 0 Å². The van der Waals surface area contributed by atoms with Gasteiger partial charge in [-0.05, 0) is 5.92 Å². The average Bonchev–Trinajstić information content (AvgIpc) is 2.76. The number of imidazole rings is 1. The van der Waals surface area contributed by atoms with Gasteiger partial charge in [-0.3, -0.25) is 4.57 Å². The summed E-state index contributed by atoms with van der Waals surface area (Å²) in [6, 6.07) is -0.0525. The Morgan fingerprint density at radius 3 is 2.81 bits per heavy atom. The Morgan fingerprint density at radius 2 is 2.31 bits per heavy atom. The second-order valence-electron chi connectivity index (χ2n) is 4.09. The molecule has 0 fully saturated rings. The Kier molecular flexibility index (Phi) is 4.98. The summed E-state index contributed by atoms with van der Waals surface area (Å²) in [5.41, 5.74) is 0. The third-order valence-corrected chi connectivity index (χ3v) is 2.15. The molecule has 0 saturated heterocycles. The molecule has 0 aliphatic rings. The highest BCUT2D eigenvalue weighted by Crippen LogP contribution is 2.02. The van der Waals surface area contributed by atoms with Crippen molar-refractivity contribution in [3.8, 4) is 0 Å². The van der Waals surface area contributed by atoms with Gasteiger partial charge in [-0.15, -0.1) is 0 Å². The van der Waals surface area contributed by atoms with Crippen molar-refractivity contribution >= 4 is 6.03 Å². The molecule has 16 heavy (non-hydrogen) atoms. The van der Waals surface area contributed by atoms with Gasteiger partial charge in [-0.1, -0.05) is 13.8 Å². The van der Waals surface area contributed by atoms with Gasteiger partial charge < -0.3 is 9.64 Å². The summed E-state index contributed by atoms with van der Waals surface area (Å²) in [5.74, 6) is 0.435. The van der Waals surface area contributed by atoms with Gasteiger partial charge >= 0.3 is 6.03 Å². The first kappa shape index (κ1) is 12.7. The summed E-state index contributed by atoms with van der Waals surface area (Å²) in [5, 5.41) is 0. The van der Waals surface area contributed by atoms with Crippen LogP contribution in [-0.2, 0) is 4.74 Å². The van der Waals surface area contributed by atoms with Crippen molar-refractivity contribution in [2.24, 2.45) is 5.92 Å². The van der Waals surface area contributed by atoms with Crippen LogP contribution in [0.15, 0.2) is 18.7 Å². The first-order valence-electron chi connectivity index (χ1n) is 5.41. The average molecular weight is 225 g/mol. The molecule has 1 heterocycles. The van der Waals surface area contributed by atoms with Crippen LogP contribution in [0, 0.1) is 5.92 Å². The number of ether oxygens (including phenoxy) is 1. The van der Waals surface area contributed by atoms with E-state index in [1.54, 1.807) is 24.4 Å². The molecular weight excluding hydrogens is 206 g/mol. The predicted molar refractivity (Wildman–Crippen MR) is 61.3 cm³/mol. The highest BCUT2D eigenvalue weighted by molar-refractivity contribution is 5.76. The summed E-state index contributed by atoms with van der Waals surface area (Å²) < 4.78 is 6.49. The third-order valence-electron chi connectivity index (χ3n) is 2.15. The predicted octanol–water partition coefficient (Wildman–Crippen LogP) is 1.46. The van der Waals surface area contributed by atoms with Gasteiger partial charge in [0.25, 0.3) is 0 Å². The van der Waals surface area contributed by atoms with Crippen LogP contribution in [0.25, 0.3) is 0 Å². The SMILES string of the molecule is COCCN(CC(C)C)C(=O)n1ccnc1. The summed E-state index contributed by atoms with van der Waals surface area (Å²) >= 11 is 0. The molecule has 0 aliphatic heterocycles. The van der Waals surface area contributed by atoms with Gasteiger partial charge in [-0.25, -0.2) is 9.78 Å². The van der Waals surface area contributed by atoms with Crippen molar-refractivity contribution in [3.63, 3.8) is 0 Å². The van der Waals surface area contributed by atoms with E-state index in [1.807, 2.05) is 0 Å². The summed E-state index contributed by atoms with van der Waals surface area (Å²) in [4.78, 5) is 17.7. The number of nitrogens with zero attached hydrogens (tertiary/aromatic N) is 3. The van der Waals surface area contributed by atoms with Gasteiger partial charge in [-0.2, -0.15) is 0 Å². The maximum Gasteiger partial charge on any atom is 0.329 e. The van der Waals surface area contributed by atoms with Crippen molar-refractivity contribution in [1.29, 1.82) is 0 Å². The van der Waals surface area contributed by atoms with Gasteiger partial charge in [0, 0.05) is 32.6 Å². The van der Waals surface area contributed by atoms with Crippen molar-refractivity contribution in [2.45, 2.75) is 13.8 Å². The smallest absolute Gasteiger partial charge is 0.329 e. The molecule has 0 unspecified atom stereocenters. The lowest BCUT2D eigenvalue weighted by atomic mass is 10.2. The molecule has 1 aromatic rings. The van der Waals surface area contributed by atoms with E-state index in [4.69, 9.17) is 4.74 Å². The number of carbonyl (C=O) groups excluding carboxylic acids is 1. The largest absolute Gasteiger partial charge is 0.383 e. The zero-order valence-electron chi connectivity index (χ0n) is 10.1. The van der Waals surface area contributed by atoms with E-state index in [0.717, 1.165) is 6.54 Å². The molecule has 5 nitrogen and oxygen atoms in total. The highest BCUT2D eigenvalue weighted by atomic mass is 16.5. The topological polar surface area (TPSA) is 47.4 Å². The molecule has 0 saturated carbocycles. The monoisotopic (exact) mass is 225 g/mol. The molecule has 0 atom stereocenters. The van der Waals surface area contributed by atoms with Crippen molar-refractivity contribution < 1.29 is 9.53 Å². The van der Waals surface area contributed by atoms with Crippen LogP contribution in [-0.4, -0.2) is 47.3 Å². The molecule has 0 bridgehead atoms. The number of methoxy groups -OCH3 is 1. The quantitative estimate of drug-likeness (QED) is 0.762. The van der Waals surface area contributed by atoms with Gasteiger partial charge in [0.2, 0.25) is 0 Å². The fourth-order valence-corrected chi connectivity index (χ4v) is 1.44. The Morgan fingerprint density at radius 1 is 1.56 bits per heavy atom. The number of rotatable bonds is 5. The van der Waals surface area contributed by atoms with E-state index < -0.39 is 0 Å². The minimum absolute atomic E-state index is 0.0525. The summed E-state index contributed by atoms with van der Waals surface area (Å²) in [6.45, 7) is 6.04. The lowest BCUT2D eigenvalue weighted by Crippen LogP contribution is -2.39. The number of hydrogen-bond donors (Lipinski definition) is 0. The van der Waals surface area contributed by atoms with Crippen LogP contribution in [0.4, 0.5) is 4.79 Å². The third kappa shape index (κ3) is 3.66. The van der Waals surface area contributed by atoms with E-state index >= 15 is 0 Å². The Hall–Kier alpha value is -1.36. The standard InChI is InChI=1S/C11H19N3O2/c1-10(2)8-13(6-7-16-3)11(15)14-5-4-12-9-14/h4-5,9-10H,6-8H2,1-3H3. The van der Waals surface area contributed by atoms with Gasteiger partial charge in [0.1, 0.15) is 6.33 Å². The minimum Gasteiger partial charge on any atom is -0.383 e. The minimum atomic E-state index is -0.0525. The van der Waals surface area contributed by atoms with Crippen LogP contribution in [0.5, 0.6) is 0 Å². The molecule has 90 valence electrons. The Bertz CT molecular complexity index is 309. The van der Waals surface area contributed by atoms with E-state index in [0.29, 0.717) is 19.1 Å². The first-order chi connectivity index (χ1) is 7.65. The van der Waals surface area contributed by atoms with E-state index in [1.165, 1.54) is 10.9 Å². The van der Waals surface area contributed by atoms with Crippen LogP contribution in [0.3, 0.4) is 0 Å².